The average molecular weight is 530 g/mol. The summed E-state index contributed by atoms with van der Waals surface area (Å²) in [4.78, 5) is 50.5. The molecule has 1 aliphatic rings. The van der Waals surface area contributed by atoms with Crippen molar-refractivity contribution >= 4 is 41.2 Å². The number of imide groups is 2. The molecule has 3 aromatic rings. The summed E-state index contributed by atoms with van der Waals surface area (Å²) in [5.74, 6) is 0.00536. The molecule has 3 aromatic carbocycles. The molecule has 1 saturated heterocycles. The minimum Gasteiger partial charge on any atom is -0.496 e. The Balaban J connectivity index is 1.55. The molecule has 0 spiro atoms. The van der Waals surface area contributed by atoms with Gasteiger partial charge in [0.2, 0.25) is 5.91 Å². The van der Waals surface area contributed by atoms with Gasteiger partial charge in [-0.25, -0.2) is 9.69 Å². The van der Waals surface area contributed by atoms with Crippen molar-refractivity contribution in [2.24, 2.45) is 0 Å². The molecule has 0 aromatic heterocycles. The van der Waals surface area contributed by atoms with E-state index in [2.05, 4.69) is 10.6 Å². The fourth-order valence-electron chi connectivity index (χ4n) is 3.92. The van der Waals surface area contributed by atoms with E-state index < -0.39 is 17.8 Å². The molecule has 4 rings (SSSR count). The molecule has 1 fully saturated rings. The lowest BCUT2D eigenvalue weighted by Crippen LogP contribution is -2.54. The summed E-state index contributed by atoms with van der Waals surface area (Å²) in [7, 11) is 1.53. The van der Waals surface area contributed by atoms with Gasteiger partial charge in [0, 0.05) is 18.2 Å². The molecule has 0 aliphatic carbocycles. The molecular formula is C29H27N3O7. The number of rotatable bonds is 9. The number of anilines is 2. The zero-order valence-electron chi connectivity index (χ0n) is 21.6. The van der Waals surface area contributed by atoms with E-state index in [9.17, 15) is 19.2 Å². The van der Waals surface area contributed by atoms with E-state index in [1.165, 1.54) is 20.1 Å². The minimum atomic E-state index is -0.834. The Kier molecular flexibility index (Phi) is 8.25. The summed E-state index contributed by atoms with van der Waals surface area (Å²) < 4.78 is 16.7. The lowest BCUT2D eigenvalue weighted by molar-refractivity contribution is -0.122. The second-order valence-electron chi connectivity index (χ2n) is 8.45. The number of barbiturate groups is 1. The maximum absolute atomic E-state index is 13.2. The van der Waals surface area contributed by atoms with Crippen LogP contribution in [0.3, 0.4) is 0 Å². The molecule has 2 N–H and O–H groups in total. The van der Waals surface area contributed by atoms with Crippen molar-refractivity contribution < 1.29 is 33.4 Å². The Morgan fingerprint density at radius 1 is 0.949 bits per heavy atom. The van der Waals surface area contributed by atoms with E-state index in [0.717, 1.165) is 4.90 Å². The van der Waals surface area contributed by atoms with Crippen molar-refractivity contribution in [1.29, 1.82) is 0 Å². The van der Waals surface area contributed by atoms with Crippen LogP contribution in [0, 0.1) is 0 Å². The van der Waals surface area contributed by atoms with Crippen LogP contribution in [0.4, 0.5) is 16.2 Å². The van der Waals surface area contributed by atoms with Crippen molar-refractivity contribution in [2.75, 3.05) is 23.9 Å². The monoisotopic (exact) mass is 529 g/mol. The molecule has 39 heavy (non-hydrogen) atoms. The van der Waals surface area contributed by atoms with Gasteiger partial charge in [-0.3, -0.25) is 19.7 Å². The Morgan fingerprint density at radius 2 is 1.62 bits per heavy atom. The third-order valence-electron chi connectivity index (χ3n) is 5.69. The third kappa shape index (κ3) is 6.42. The van der Waals surface area contributed by atoms with E-state index in [-0.39, 0.29) is 18.1 Å². The zero-order valence-corrected chi connectivity index (χ0v) is 21.6. The average Bonchev–Trinajstić information content (AvgIpc) is 2.91. The lowest BCUT2D eigenvalue weighted by Gasteiger charge is -2.26. The number of urea groups is 1. The summed E-state index contributed by atoms with van der Waals surface area (Å²) in [5.41, 5.74) is 1.95. The van der Waals surface area contributed by atoms with Crippen LogP contribution in [-0.2, 0) is 21.0 Å². The number of ether oxygens (including phenoxy) is 3. The van der Waals surface area contributed by atoms with E-state index in [1.54, 1.807) is 66.7 Å². The molecule has 0 atom stereocenters. The van der Waals surface area contributed by atoms with Crippen LogP contribution in [-0.4, -0.2) is 37.5 Å². The first-order valence-corrected chi connectivity index (χ1v) is 12.1. The largest absolute Gasteiger partial charge is 0.496 e. The van der Waals surface area contributed by atoms with Gasteiger partial charge in [-0.2, -0.15) is 0 Å². The Hall–Kier alpha value is -5.12. The Morgan fingerprint density at radius 3 is 2.26 bits per heavy atom. The number of carbonyl (C=O) groups excluding carboxylic acids is 4. The van der Waals surface area contributed by atoms with Crippen molar-refractivity contribution in [3.05, 3.63) is 83.4 Å². The summed E-state index contributed by atoms with van der Waals surface area (Å²) in [6.07, 6.45) is 1.41. The van der Waals surface area contributed by atoms with E-state index >= 15 is 0 Å². The molecular weight excluding hydrogens is 502 g/mol. The topological polar surface area (TPSA) is 123 Å². The highest BCUT2D eigenvalue weighted by molar-refractivity contribution is 6.39. The van der Waals surface area contributed by atoms with Gasteiger partial charge in [-0.05, 0) is 79.2 Å². The van der Waals surface area contributed by atoms with E-state index in [4.69, 9.17) is 14.2 Å². The molecule has 0 saturated carbocycles. The van der Waals surface area contributed by atoms with Crippen LogP contribution in [0.15, 0.2) is 72.3 Å². The maximum atomic E-state index is 13.2. The zero-order chi connectivity index (χ0) is 27.9. The first kappa shape index (κ1) is 26.9. The van der Waals surface area contributed by atoms with Gasteiger partial charge >= 0.3 is 6.03 Å². The third-order valence-corrected chi connectivity index (χ3v) is 5.69. The molecule has 0 unspecified atom stereocenters. The molecule has 200 valence electrons. The Bertz CT molecular complexity index is 1430. The van der Waals surface area contributed by atoms with Gasteiger partial charge in [-0.15, -0.1) is 0 Å². The predicted molar refractivity (Wildman–Crippen MR) is 145 cm³/mol. The predicted octanol–water partition coefficient (Wildman–Crippen LogP) is 4.30. The van der Waals surface area contributed by atoms with Crippen LogP contribution in [0.2, 0.25) is 0 Å². The van der Waals surface area contributed by atoms with Crippen molar-refractivity contribution in [2.45, 2.75) is 20.5 Å². The van der Waals surface area contributed by atoms with Gasteiger partial charge in [-0.1, -0.05) is 6.07 Å². The van der Waals surface area contributed by atoms with Crippen molar-refractivity contribution in [3.8, 4) is 17.2 Å². The van der Waals surface area contributed by atoms with Crippen LogP contribution in [0.25, 0.3) is 6.08 Å². The smallest absolute Gasteiger partial charge is 0.335 e. The Labute approximate surface area is 225 Å². The van der Waals surface area contributed by atoms with Crippen LogP contribution in [0.5, 0.6) is 17.2 Å². The number of carbonyl (C=O) groups is 4. The minimum absolute atomic E-state index is 0.136. The molecule has 10 heteroatoms. The summed E-state index contributed by atoms with van der Waals surface area (Å²) >= 11 is 0. The highest BCUT2D eigenvalue weighted by Gasteiger charge is 2.36. The van der Waals surface area contributed by atoms with E-state index in [1.807, 2.05) is 6.92 Å². The fraction of sp³-hybridized carbons (Fsp3) is 0.172. The van der Waals surface area contributed by atoms with E-state index in [0.29, 0.717) is 46.4 Å². The fourth-order valence-corrected chi connectivity index (χ4v) is 3.92. The van der Waals surface area contributed by atoms with Gasteiger partial charge in [0.25, 0.3) is 11.8 Å². The number of benzene rings is 3. The maximum Gasteiger partial charge on any atom is 0.335 e. The van der Waals surface area contributed by atoms with Gasteiger partial charge in [0.1, 0.15) is 29.4 Å². The molecule has 0 radical (unpaired) electrons. The molecule has 5 amide bonds. The molecule has 0 bridgehead atoms. The molecule has 1 heterocycles. The normalized spacial score (nSPS) is 14.2. The summed E-state index contributed by atoms with van der Waals surface area (Å²) in [6.45, 7) is 3.89. The second kappa shape index (κ2) is 12.0. The number of hydrogen-bond donors (Lipinski definition) is 2. The van der Waals surface area contributed by atoms with Crippen molar-refractivity contribution in [3.63, 3.8) is 0 Å². The first-order chi connectivity index (χ1) is 18.8. The number of methoxy groups -OCH3 is 1. The standard InChI is InChI=1S/C29H27N3O7/c1-4-38-23-12-8-22(9-13-23)32-28(35)25(27(34)31-29(32)36)16-19-5-14-26(37-3)20(15-19)17-39-24-10-6-21(7-11-24)30-18(2)33/h5-16H,4,17H2,1-3H3,(H,30,33)(H,31,34,36). The van der Waals surface area contributed by atoms with Crippen LogP contribution < -0.4 is 29.7 Å². The van der Waals surface area contributed by atoms with Crippen LogP contribution >= 0.6 is 0 Å². The highest BCUT2D eigenvalue weighted by atomic mass is 16.5. The van der Waals surface area contributed by atoms with Gasteiger partial charge in [0.05, 0.1) is 19.4 Å². The number of amides is 5. The van der Waals surface area contributed by atoms with Crippen molar-refractivity contribution in [1.82, 2.24) is 5.32 Å². The highest BCUT2D eigenvalue weighted by Crippen LogP contribution is 2.27. The SMILES string of the molecule is CCOc1ccc(N2C(=O)NC(=O)C(=Cc3ccc(OC)c(COc4ccc(NC(C)=O)cc4)c3)C2=O)cc1. The lowest BCUT2D eigenvalue weighted by atomic mass is 10.0. The number of nitrogens with one attached hydrogen (secondary N) is 2. The first-order valence-electron chi connectivity index (χ1n) is 12.1. The number of nitrogens with zero attached hydrogens (tertiary/aromatic N) is 1. The summed E-state index contributed by atoms with van der Waals surface area (Å²) in [6, 6.07) is 17.6. The van der Waals surface area contributed by atoms with Gasteiger partial charge in [0.15, 0.2) is 0 Å². The quantitative estimate of drug-likeness (QED) is 0.313. The second-order valence-corrected chi connectivity index (χ2v) is 8.45. The van der Waals surface area contributed by atoms with Crippen LogP contribution in [0.1, 0.15) is 25.0 Å². The molecule has 1 aliphatic heterocycles. The number of hydrogen-bond acceptors (Lipinski definition) is 7. The summed E-state index contributed by atoms with van der Waals surface area (Å²) in [5, 5.41) is 4.91. The molecule has 10 nitrogen and oxygen atoms in total. The van der Waals surface area contributed by atoms with Gasteiger partial charge < -0.3 is 19.5 Å².